The Hall–Kier alpha value is -3.14. The van der Waals surface area contributed by atoms with Crippen molar-refractivity contribution in [2.75, 3.05) is 6.54 Å². The summed E-state index contributed by atoms with van der Waals surface area (Å²) in [6, 6.07) is 10.4. The first-order valence-electron chi connectivity index (χ1n) is 7.18. The molecule has 23 heavy (non-hydrogen) atoms. The highest BCUT2D eigenvalue weighted by Crippen LogP contribution is 2.17. The van der Waals surface area contributed by atoms with Crippen LogP contribution in [0.25, 0.3) is 0 Å². The molecule has 2 heterocycles. The van der Waals surface area contributed by atoms with Crippen molar-refractivity contribution in [2.24, 2.45) is 0 Å². The minimum absolute atomic E-state index is 0.117. The van der Waals surface area contributed by atoms with Crippen LogP contribution in [0, 0.1) is 11.3 Å². The Kier molecular flexibility index (Phi) is 3.81. The van der Waals surface area contributed by atoms with Gasteiger partial charge in [0, 0.05) is 25.7 Å². The highest BCUT2D eigenvalue weighted by Gasteiger charge is 2.26. The third-order valence-electron chi connectivity index (χ3n) is 3.76. The van der Waals surface area contributed by atoms with Gasteiger partial charge in [-0.15, -0.1) is 0 Å². The van der Waals surface area contributed by atoms with Gasteiger partial charge in [0.05, 0.1) is 11.6 Å². The van der Waals surface area contributed by atoms with E-state index in [1.807, 2.05) is 12.1 Å². The number of nitriles is 1. The van der Waals surface area contributed by atoms with E-state index in [1.54, 1.807) is 17.0 Å². The molecule has 0 aliphatic carbocycles. The van der Waals surface area contributed by atoms with Crippen LogP contribution in [-0.4, -0.2) is 38.2 Å². The molecule has 0 atom stereocenters. The molecule has 2 aromatic rings. The Labute approximate surface area is 132 Å². The second kappa shape index (κ2) is 5.93. The maximum absolute atomic E-state index is 12.6. The fourth-order valence-electron chi connectivity index (χ4n) is 2.59. The minimum Gasteiger partial charge on any atom is -0.476 e. The zero-order valence-corrected chi connectivity index (χ0v) is 12.3. The lowest BCUT2D eigenvalue weighted by Gasteiger charge is -2.20. The number of rotatable bonds is 3. The average molecular weight is 310 g/mol. The number of aromatic nitrogens is 2. The quantitative estimate of drug-likeness (QED) is 0.926. The third-order valence-corrected chi connectivity index (χ3v) is 3.76. The molecule has 1 aromatic heterocycles. The molecule has 7 nitrogen and oxygen atoms in total. The maximum atomic E-state index is 12.6. The van der Waals surface area contributed by atoms with Gasteiger partial charge in [-0.3, -0.25) is 9.48 Å². The summed E-state index contributed by atoms with van der Waals surface area (Å²) in [7, 11) is 0. The van der Waals surface area contributed by atoms with Crippen molar-refractivity contribution in [2.45, 2.75) is 19.5 Å². The number of nitrogens with zero attached hydrogens (tertiary/aromatic N) is 4. The third kappa shape index (κ3) is 2.92. The number of hydrogen-bond donors (Lipinski definition) is 1. The Morgan fingerprint density at radius 1 is 1.30 bits per heavy atom. The van der Waals surface area contributed by atoms with E-state index in [-0.39, 0.29) is 11.6 Å². The van der Waals surface area contributed by atoms with Gasteiger partial charge in [-0.05, 0) is 24.1 Å². The molecule has 1 amide bonds. The van der Waals surface area contributed by atoms with E-state index < -0.39 is 5.97 Å². The van der Waals surface area contributed by atoms with Crippen LogP contribution in [0.2, 0.25) is 0 Å². The summed E-state index contributed by atoms with van der Waals surface area (Å²) in [4.78, 5) is 25.3. The number of hydrogen-bond acceptors (Lipinski definition) is 4. The number of fused-ring (bicyclic) bond motifs is 1. The fourth-order valence-corrected chi connectivity index (χ4v) is 2.59. The highest BCUT2D eigenvalue weighted by atomic mass is 16.4. The summed E-state index contributed by atoms with van der Waals surface area (Å²) < 4.78 is 1.46. The number of carbonyl (C=O) groups is 2. The Morgan fingerprint density at radius 2 is 2.04 bits per heavy atom. The van der Waals surface area contributed by atoms with Crippen molar-refractivity contribution in [3.05, 3.63) is 52.8 Å². The van der Waals surface area contributed by atoms with Crippen LogP contribution in [0.4, 0.5) is 0 Å². The predicted molar refractivity (Wildman–Crippen MR) is 79.7 cm³/mol. The van der Waals surface area contributed by atoms with Gasteiger partial charge >= 0.3 is 5.97 Å². The molecule has 0 fully saturated rings. The number of carboxylic acids is 1. The SMILES string of the molecule is N#Cc1ccc(CN2CCCn3nc(C(=O)O)cc3C2=O)cc1. The molecular formula is C16H14N4O3. The largest absolute Gasteiger partial charge is 0.476 e. The zero-order chi connectivity index (χ0) is 16.4. The molecule has 1 aromatic carbocycles. The smallest absolute Gasteiger partial charge is 0.356 e. The van der Waals surface area contributed by atoms with Gasteiger partial charge in [0.15, 0.2) is 5.69 Å². The number of carbonyl (C=O) groups excluding carboxylic acids is 1. The van der Waals surface area contributed by atoms with Crippen molar-refractivity contribution in [1.82, 2.24) is 14.7 Å². The second-order valence-electron chi connectivity index (χ2n) is 5.33. The number of benzene rings is 1. The summed E-state index contributed by atoms with van der Waals surface area (Å²) in [6.07, 6.45) is 0.704. The molecule has 3 rings (SSSR count). The molecule has 1 aliphatic heterocycles. The molecule has 7 heteroatoms. The number of aryl methyl sites for hydroxylation is 1. The molecular weight excluding hydrogens is 296 g/mol. The van der Waals surface area contributed by atoms with Crippen LogP contribution >= 0.6 is 0 Å². The fraction of sp³-hybridized carbons (Fsp3) is 0.250. The van der Waals surface area contributed by atoms with E-state index in [1.165, 1.54) is 10.7 Å². The zero-order valence-electron chi connectivity index (χ0n) is 12.3. The minimum atomic E-state index is -1.14. The Balaban J connectivity index is 1.83. The lowest BCUT2D eigenvalue weighted by atomic mass is 10.1. The summed E-state index contributed by atoms with van der Waals surface area (Å²) in [6.45, 7) is 1.50. The van der Waals surface area contributed by atoms with E-state index in [0.717, 1.165) is 5.56 Å². The van der Waals surface area contributed by atoms with Crippen LogP contribution in [0.15, 0.2) is 30.3 Å². The van der Waals surface area contributed by atoms with Crippen molar-refractivity contribution < 1.29 is 14.7 Å². The first-order chi connectivity index (χ1) is 11.1. The predicted octanol–water partition coefficient (Wildman–Crippen LogP) is 1.50. The lowest BCUT2D eigenvalue weighted by molar-refractivity contribution is 0.0689. The van der Waals surface area contributed by atoms with Crippen molar-refractivity contribution in [3.8, 4) is 6.07 Å². The maximum Gasteiger partial charge on any atom is 0.356 e. The van der Waals surface area contributed by atoms with Crippen LogP contribution < -0.4 is 0 Å². The Bertz CT molecular complexity index is 802. The molecule has 0 radical (unpaired) electrons. The normalized spacial score (nSPS) is 14.0. The van der Waals surface area contributed by atoms with Crippen LogP contribution in [0.1, 0.15) is 38.5 Å². The van der Waals surface area contributed by atoms with Crippen molar-refractivity contribution in [1.29, 1.82) is 5.26 Å². The summed E-state index contributed by atoms with van der Waals surface area (Å²) in [5.74, 6) is -1.37. The van der Waals surface area contributed by atoms with E-state index in [9.17, 15) is 9.59 Å². The topological polar surface area (TPSA) is 99.2 Å². The summed E-state index contributed by atoms with van der Waals surface area (Å²) >= 11 is 0. The van der Waals surface area contributed by atoms with Gasteiger partial charge in [0.1, 0.15) is 5.69 Å². The van der Waals surface area contributed by atoms with Crippen LogP contribution in [0.5, 0.6) is 0 Å². The Morgan fingerprint density at radius 3 is 2.70 bits per heavy atom. The van der Waals surface area contributed by atoms with Crippen LogP contribution in [-0.2, 0) is 13.1 Å². The van der Waals surface area contributed by atoms with E-state index in [2.05, 4.69) is 11.2 Å². The summed E-state index contributed by atoms with van der Waals surface area (Å²) in [5, 5.41) is 21.8. The molecule has 0 spiro atoms. The lowest BCUT2D eigenvalue weighted by Crippen LogP contribution is -2.30. The molecule has 0 saturated carbocycles. The monoisotopic (exact) mass is 310 g/mol. The molecule has 0 saturated heterocycles. The standard InChI is InChI=1S/C16H14N4O3/c17-9-11-2-4-12(5-3-11)10-19-6-1-7-20-14(15(19)21)8-13(18-20)16(22)23/h2-5,8H,1,6-7,10H2,(H,22,23). The van der Waals surface area contributed by atoms with Gasteiger partial charge < -0.3 is 10.0 Å². The van der Waals surface area contributed by atoms with Crippen molar-refractivity contribution in [3.63, 3.8) is 0 Å². The molecule has 1 N–H and O–H groups in total. The number of amides is 1. The highest BCUT2D eigenvalue weighted by molar-refractivity contribution is 5.95. The van der Waals surface area contributed by atoms with E-state index in [4.69, 9.17) is 10.4 Å². The number of aromatic carboxylic acids is 1. The first-order valence-corrected chi connectivity index (χ1v) is 7.18. The van der Waals surface area contributed by atoms with E-state index >= 15 is 0 Å². The average Bonchev–Trinajstić information content (AvgIpc) is 2.93. The molecule has 1 aliphatic rings. The van der Waals surface area contributed by atoms with Crippen LogP contribution in [0.3, 0.4) is 0 Å². The number of carboxylic acid groups (broad SMARTS) is 1. The van der Waals surface area contributed by atoms with Gasteiger partial charge in [0.2, 0.25) is 0 Å². The second-order valence-corrected chi connectivity index (χ2v) is 5.33. The summed E-state index contributed by atoms with van der Waals surface area (Å²) in [5.41, 5.74) is 1.67. The molecule has 0 unspecified atom stereocenters. The van der Waals surface area contributed by atoms with Gasteiger partial charge in [-0.2, -0.15) is 10.4 Å². The molecule has 0 bridgehead atoms. The van der Waals surface area contributed by atoms with E-state index in [0.29, 0.717) is 37.3 Å². The van der Waals surface area contributed by atoms with Gasteiger partial charge in [-0.25, -0.2) is 4.79 Å². The molecule has 116 valence electrons. The first kappa shape index (κ1) is 14.8. The van der Waals surface area contributed by atoms with Gasteiger partial charge in [-0.1, -0.05) is 12.1 Å². The van der Waals surface area contributed by atoms with Crippen molar-refractivity contribution >= 4 is 11.9 Å². The van der Waals surface area contributed by atoms with Gasteiger partial charge in [0.25, 0.3) is 5.91 Å².